The molecular formula is C22H20O3. The number of allylic oxidation sites excluding steroid dienone is 1. The van der Waals surface area contributed by atoms with Gasteiger partial charge in [-0.3, -0.25) is 0 Å². The number of benzene rings is 2. The molecule has 2 aromatic carbocycles. The van der Waals surface area contributed by atoms with Crippen molar-refractivity contribution in [1.82, 2.24) is 0 Å². The normalized spacial score (nSPS) is 34.2. The molecule has 0 heterocycles. The largest absolute Gasteiger partial charge is 0.508 e. The van der Waals surface area contributed by atoms with Gasteiger partial charge < -0.3 is 9.47 Å². The summed E-state index contributed by atoms with van der Waals surface area (Å²) in [5, 5.41) is 0. The molecular weight excluding hydrogens is 312 g/mol. The summed E-state index contributed by atoms with van der Waals surface area (Å²) in [5.74, 6) is 1.04. The summed E-state index contributed by atoms with van der Waals surface area (Å²) < 4.78 is 10.5. The Kier molecular flexibility index (Phi) is 3.08. The first-order valence-electron chi connectivity index (χ1n) is 8.83. The molecule has 4 aliphatic rings. The lowest BCUT2D eigenvalue weighted by molar-refractivity contribution is 0.0177. The average Bonchev–Trinajstić information content (AvgIpc) is 3.26. The van der Waals surface area contributed by atoms with Crippen molar-refractivity contribution in [2.45, 2.75) is 17.9 Å². The first kappa shape index (κ1) is 14.8. The first-order chi connectivity index (χ1) is 12.3. The van der Waals surface area contributed by atoms with Crippen molar-refractivity contribution in [2.24, 2.45) is 17.8 Å². The molecule has 0 aromatic heterocycles. The second-order valence-electron chi connectivity index (χ2n) is 7.29. The van der Waals surface area contributed by atoms with E-state index >= 15 is 0 Å². The number of carbonyl (C=O) groups is 1. The predicted octanol–water partition coefficient (Wildman–Crippen LogP) is 4.44. The molecule has 0 radical (unpaired) electrons. The minimum atomic E-state index is -0.571. The van der Waals surface area contributed by atoms with E-state index in [0.29, 0.717) is 11.8 Å². The fraction of sp³-hybridized carbons (Fsp3) is 0.318. The van der Waals surface area contributed by atoms with Crippen molar-refractivity contribution in [2.75, 3.05) is 7.11 Å². The second-order valence-corrected chi connectivity index (χ2v) is 7.29. The molecule has 1 unspecified atom stereocenters. The minimum absolute atomic E-state index is 0.0992. The Balaban J connectivity index is 1.57. The smallest absolute Gasteiger partial charge is 0.438 e. The highest BCUT2D eigenvalue weighted by Crippen LogP contribution is 2.76. The summed E-state index contributed by atoms with van der Waals surface area (Å²) in [4.78, 5) is 11.8. The van der Waals surface area contributed by atoms with Crippen LogP contribution in [-0.2, 0) is 14.9 Å². The van der Waals surface area contributed by atoms with Gasteiger partial charge in [0.15, 0.2) is 0 Å². The molecule has 0 saturated heterocycles. The molecule has 6 rings (SSSR count). The maximum absolute atomic E-state index is 11.8. The number of hydrogen-bond donors (Lipinski definition) is 0. The van der Waals surface area contributed by atoms with Crippen molar-refractivity contribution in [3.05, 3.63) is 77.9 Å². The Labute approximate surface area is 147 Å². The van der Waals surface area contributed by atoms with Gasteiger partial charge in [-0.25, -0.2) is 4.79 Å². The van der Waals surface area contributed by atoms with E-state index in [1.54, 1.807) is 0 Å². The first-order valence-corrected chi connectivity index (χ1v) is 8.83. The number of ether oxygens (including phenoxy) is 2. The summed E-state index contributed by atoms with van der Waals surface area (Å²) in [6.07, 6.45) is 2.80. The van der Waals surface area contributed by atoms with Gasteiger partial charge in [0.25, 0.3) is 0 Å². The van der Waals surface area contributed by atoms with E-state index < -0.39 is 6.16 Å². The van der Waals surface area contributed by atoms with Gasteiger partial charge in [0.1, 0.15) is 6.10 Å². The molecule has 3 heteroatoms. The summed E-state index contributed by atoms with van der Waals surface area (Å²) >= 11 is 0. The molecule has 0 spiro atoms. The van der Waals surface area contributed by atoms with Crippen molar-refractivity contribution < 1.29 is 14.3 Å². The Morgan fingerprint density at radius 1 is 1.04 bits per heavy atom. The van der Waals surface area contributed by atoms with Crippen LogP contribution in [0.3, 0.4) is 0 Å². The van der Waals surface area contributed by atoms with Gasteiger partial charge in [0.2, 0.25) is 0 Å². The zero-order chi connectivity index (χ0) is 17.0. The highest BCUT2D eigenvalue weighted by atomic mass is 16.7. The zero-order valence-corrected chi connectivity index (χ0v) is 14.1. The molecule has 126 valence electrons. The Morgan fingerprint density at radius 3 is 2.36 bits per heavy atom. The van der Waals surface area contributed by atoms with Crippen LogP contribution in [-0.4, -0.2) is 19.4 Å². The van der Waals surface area contributed by atoms with Crippen LogP contribution in [0.5, 0.6) is 0 Å². The van der Waals surface area contributed by atoms with E-state index in [2.05, 4.69) is 60.7 Å². The molecule has 4 bridgehead atoms. The molecule has 3 nitrogen and oxygen atoms in total. The van der Waals surface area contributed by atoms with Gasteiger partial charge in [0, 0.05) is 17.3 Å². The van der Waals surface area contributed by atoms with Gasteiger partial charge >= 0.3 is 6.16 Å². The van der Waals surface area contributed by atoms with Gasteiger partial charge in [0.05, 0.1) is 7.11 Å². The van der Waals surface area contributed by atoms with Gasteiger partial charge in [-0.2, -0.15) is 0 Å². The van der Waals surface area contributed by atoms with Gasteiger partial charge in [-0.1, -0.05) is 66.7 Å². The SMILES string of the molecule is COC(=O)O[C@@H]1[C@@H]2C[C@]3(c4ccccc4)C(C=C2c2ccccc2)[C@H]13. The topological polar surface area (TPSA) is 35.5 Å². The Morgan fingerprint density at radius 2 is 1.72 bits per heavy atom. The molecule has 4 aliphatic carbocycles. The van der Waals surface area contributed by atoms with E-state index in [4.69, 9.17) is 9.47 Å². The maximum atomic E-state index is 11.8. The van der Waals surface area contributed by atoms with E-state index in [-0.39, 0.29) is 17.4 Å². The van der Waals surface area contributed by atoms with E-state index in [1.165, 1.54) is 23.8 Å². The molecule has 2 fully saturated rings. The van der Waals surface area contributed by atoms with E-state index in [1.807, 2.05) is 6.07 Å². The van der Waals surface area contributed by atoms with E-state index in [9.17, 15) is 4.79 Å². The summed E-state index contributed by atoms with van der Waals surface area (Å²) in [6, 6.07) is 21.1. The number of methoxy groups -OCH3 is 1. The third kappa shape index (κ3) is 1.95. The minimum Gasteiger partial charge on any atom is -0.438 e. The van der Waals surface area contributed by atoms with Crippen LogP contribution in [0.4, 0.5) is 4.79 Å². The van der Waals surface area contributed by atoms with Gasteiger partial charge in [-0.15, -0.1) is 0 Å². The fourth-order valence-electron chi connectivity index (χ4n) is 5.36. The van der Waals surface area contributed by atoms with Crippen LogP contribution in [0.1, 0.15) is 17.5 Å². The Bertz CT molecular complexity index is 842. The number of rotatable bonds is 3. The molecule has 25 heavy (non-hydrogen) atoms. The molecule has 2 aromatic rings. The van der Waals surface area contributed by atoms with Crippen molar-refractivity contribution in [3.63, 3.8) is 0 Å². The third-order valence-corrected chi connectivity index (χ3v) is 6.35. The van der Waals surface area contributed by atoms with Crippen LogP contribution < -0.4 is 0 Å². The second kappa shape index (κ2) is 5.22. The van der Waals surface area contributed by atoms with Crippen molar-refractivity contribution in [1.29, 1.82) is 0 Å². The highest BCUT2D eigenvalue weighted by Gasteiger charge is 2.76. The average molecular weight is 332 g/mol. The fourth-order valence-corrected chi connectivity index (χ4v) is 5.36. The summed E-state index contributed by atoms with van der Waals surface area (Å²) in [7, 11) is 1.38. The summed E-state index contributed by atoms with van der Waals surface area (Å²) in [5.41, 5.74) is 4.05. The highest BCUT2D eigenvalue weighted by molar-refractivity contribution is 5.75. The van der Waals surface area contributed by atoms with Crippen molar-refractivity contribution in [3.8, 4) is 0 Å². The van der Waals surface area contributed by atoms with Crippen LogP contribution in [0.2, 0.25) is 0 Å². The number of hydrogen-bond acceptors (Lipinski definition) is 3. The zero-order valence-electron chi connectivity index (χ0n) is 14.1. The van der Waals surface area contributed by atoms with Crippen LogP contribution in [0, 0.1) is 17.8 Å². The van der Waals surface area contributed by atoms with E-state index in [0.717, 1.165) is 6.42 Å². The lowest BCUT2D eigenvalue weighted by atomic mass is 9.75. The summed E-state index contributed by atoms with van der Waals surface area (Å²) in [6.45, 7) is 0. The van der Waals surface area contributed by atoms with Crippen LogP contribution >= 0.6 is 0 Å². The molecule has 5 atom stereocenters. The monoisotopic (exact) mass is 332 g/mol. The quantitative estimate of drug-likeness (QED) is 0.780. The molecule has 0 N–H and O–H groups in total. The maximum Gasteiger partial charge on any atom is 0.508 e. The molecule has 0 amide bonds. The lowest BCUT2D eigenvalue weighted by Gasteiger charge is -2.32. The lowest BCUT2D eigenvalue weighted by Crippen LogP contribution is -2.31. The van der Waals surface area contributed by atoms with Crippen LogP contribution in [0.25, 0.3) is 5.57 Å². The standard InChI is InChI=1S/C22H20O3/c1-24-21(23)25-20-17-13-22(15-10-6-3-7-11-15)18(19(20)22)12-16(17)14-8-4-2-5-9-14/h2-12,17-20H,13H2,1H3/t17-,18?,19-,20-,22+/m1/s1. The molecule has 2 saturated carbocycles. The molecule has 0 aliphatic heterocycles. The Hall–Kier alpha value is -2.55. The van der Waals surface area contributed by atoms with Crippen LogP contribution in [0.15, 0.2) is 66.7 Å². The third-order valence-electron chi connectivity index (χ3n) is 6.35. The van der Waals surface area contributed by atoms with Gasteiger partial charge in [-0.05, 0) is 29.0 Å². The van der Waals surface area contributed by atoms with Crippen molar-refractivity contribution >= 4 is 11.7 Å². The number of carbonyl (C=O) groups excluding carboxylic acids is 1. The predicted molar refractivity (Wildman–Crippen MR) is 94.9 cm³/mol.